The highest BCUT2D eigenvalue weighted by Crippen LogP contribution is 2.33. The summed E-state index contributed by atoms with van der Waals surface area (Å²) in [7, 11) is 0. The number of esters is 1. The van der Waals surface area contributed by atoms with Crippen LogP contribution < -0.4 is 0 Å². The van der Waals surface area contributed by atoms with Crippen molar-refractivity contribution in [1.29, 1.82) is 0 Å². The second-order valence-corrected chi connectivity index (χ2v) is 6.51. The summed E-state index contributed by atoms with van der Waals surface area (Å²) >= 11 is 11.5. The maximum atomic E-state index is 13.4. The van der Waals surface area contributed by atoms with Gasteiger partial charge in [-0.2, -0.15) is 0 Å². The van der Waals surface area contributed by atoms with Gasteiger partial charge in [-0.1, -0.05) is 23.2 Å². The van der Waals surface area contributed by atoms with Gasteiger partial charge in [-0.25, -0.2) is 9.18 Å². The molecule has 0 bridgehead atoms. The van der Waals surface area contributed by atoms with E-state index >= 15 is 0 Å². The van der Waals surface area contributed by atoms with Crippen LogP contribution in [0.1, 0.15) is 29.6 Å². The SMILES string of the molecule is O=C(OCC1CC(=O)N(C2CC2)C1)c1cc(F)c(Cl)cc1Cl. The zero-order chi connectivity index (χ0) is 15.9. The molecule has 2 aliphatic rings. The molecule has 1 aromatic rings. The zero-order valence-electron chi connectivity index (χ0n) is 11.7. The van der Waals surface area contributed by atoms with E-state index in [1.165, 1.54) is 6.07 Å². The standard InChI is InChI=1S/C15H14Cl2FNO3/c16-11-5-12(17)13(18)4-10(11)15(21)22-7-8-3-14(20)19(6-8)9-1-2-9/h4-5,8-9H,1-3,6-7H2. The molecule has 3 rings (SSSR count). The smallest absolute Gasteiger partial charge is 0.339 e. The third-order valence-electron chi connectivity index (χ3n) is 3.91. The lowest BCUT2D eigenvalue weighted by Crippen LogP contribution is -2.28. The number of carbonyl (C=O) groups excluding carboxylic acids is 2. The molecule has 0 aromatic heterocycles. The van der Waals surface area contributed by atoms with Crippen LogP contribution in [0.25, 0.3) is 0 Å². The number of rotatable bonds is 4. The number of amides is 1. The average molecular weight is 346 g/mol. The van der Waals surface area contributed by atoms with Crippen molar-refractivity contribution in [3.8, 4) is 0 Å². The Hall–Kier alpha value is -1.33. The van der Waals surface area contributed by atoms with Crippen LogP contribution in [0.4, 0.5) is 4.39 Å². The quantitative estimate of drug-likeness (QED) is 0.621. The third-order valence-corrected chi connectivity index (χ3v) is 4.51. The number of benzene rings is 1. The van der Waals surface area contributed by atoms with Gasteiger partial charge in [-0.15, -0.1) is 0 Å². The Balaban J connectivity index is 1.59. The Morgan fingerprint density at radius 2 is 2.05 bits per heavy atom. The van der Waals surface area contributed by atoms with Gasteiger partial charge < -0.3 is 9.64 Å². The minimum absolute atomic E-state index is 0.0204. The minimum atomic E-state index is -0.728. The fraction of sp³-hybridized carbons (Fsp3) is 0.467. The van der Waals surface area contributed by atoms with Crippen molar-refractivity contribution in [3.63, 3.8) is 0 Å². The molecular weight excluding hydrogens is 332 g/mol. The molecule has 0 N–H and O–H groups in total. The monoisotopic (exact) mass is 345 g/mol. The van der Waals surface area contributed by atoms with Gasteiger partial charge in [0.05, 0.1) is 22.2 Å². The fourth-order valence-electron chi connectivity index (χ4n) is 2.61. The fourth-order valence-corrected chi connectivity index (χ4v) is 3.07. The van der Waals surface area contributed by atoms with E-state index in [4.69, 9.17) is 27.9 Å². The number of carbonyl (C=O) groups is 2. The first-order chi connectivity index (χ1) is 10.5. The van der Waals surface area contributed by atoms with Gasteiger partial charge in [0.2, 0.25) is 5.91 Å². The van der Waals surface area contributed by atoms with Crippen LogP contribution >= 0.6 is 23.2 Å². The lowest BCUT2D eigenvalue weighted by Gasteiger charge is -2.15. The van der Waals surface area contributed by atoms with Crippen LogP contribution in [0.15, 0.2) is 12.1 Å². The van der Waals surface area contributed by atoms with Crippen molar-refractivity contribution in [1.82, 2.24) is 4.90 Å². The number of halogens is 3. The molecule has 1 aromatic carbocycles. The second kappa shape index (κ2) is 6.05. The average Bonchev–Trinajstić information content (AvgIpc) is 3.24. The van der Waals surface area contributed by atoms with E-state index in [9.17, 15) is 14.0 Å². The molecule has 1 aliphatic carbocycles. The largest absolute Gasteiger partial charge is 0.462 e. The van der Waals surface area contributed by atoms with E-state index in [0.29, 0.717) is 19.0 Å². The summed E-state index contributed by atoms with van der Waals surface area (Å²) in [6.45, 7) is 0.730. The van der Waals surface area contributed by atoms with E-state index < -0.39 is 11.8 Å². The zero-order valence-corrected chi connectivity index (χ0v) is 13.2. The number of nitrogens with zero attached hydrogens (tertiary/aromatic N) is 1. The summed E-state index contributed by atoms with van der Waals surface area (Å²) in [5.41, 5.74) is -0.0630. The van der Waals surface area contributed by atoms with Crippen molar-refractivity contribution in [2.45, 2.75) is 25.3 Å². The van der Waals surface area contributed by atoms with Crippen molar-refractivity contribution < 1.29 is 18.7 Å². The summed E-state index contributed by atoms with van der Waals surface area (Å²) in [6.07, 6.45) is 2.49. The molecule has 4 nitrogen and oxygen atoms in total. The predicted molar refractivity (Wildman–Crippen MR) is 79.5 cm³/mol. The topological polar surface area (TPSA) is 46.6 Å². The molecule has 2 fully saturated rings. The minimum Gasteiger partial charge on any atom is -0.462 e. The maximum absolute atomic E-state index is 13.4. The highest BCUT2D eigenvalue weighted by molar-refractivity contribution is 6.36. The van der Waals surface area contributed by atoms with Crippen molar-refractivity contribution in [3.05, 3.63) is 33.6 Å². The van der Waals surface area contributed by atoms with E-state index in [1.54, 1.807) is 0 Å². The van der Waals surface area contributed by atoms with Gasteiger partial charge in [0, 0.05) is 24.9 Å². The summed E-state index contributed by atoms with van der Waals surface area (Å²) in [6, 6.07) is 2.50. The van der Waals surface area contributed by atoms with Crippen LogP contribution in [0.3, 0.4) is 0 Å². The van der Waals surface area contributed by atoms with Gasteiger partial charge in [0.15, 0.2) is 0 Å². The van der Waals surface area contributed by atoms with Crippen LogP contribution in [0.5, 0.6) is 0 Å². The molecule has 1 saturated carbocycles. The van der Waals surface area contributed by atoms with E-state index in [2.05, 4.69) is 0 Å². The first-order valence-corrected chi connectivity index (χ1v) is 7.82. The molecule has 0 radical (unpaired) electrons. The lowest BCUT2D eigenvalue weighted by molar-refractivity contribution is -0.128. The molecule has 7 heteroatoms. The molecule has 118 valence electrons. The summed E-state index contributed by atoms with van der Waals surface area (Å²) in [5.74, 6) is -1.35. The molecule has 1 atom stereocenters. The predicted octanol–water partition coefficient (Wildman–Crippen LogP) is 3.30. The van der Waals surface area contributed by atoms with E-state index in [0.717, 1.165) is 18.9 Å². The third kappa shape index (κ3) is 3.20. The number of ether oxygens (including phenoxy) is 1. The van der Waals surface area contributed by atoms with E-state index in [1.807, 2.05) is 4.90 Å². The molecule has 1 heterocycles. The van der Waals surface area contributed by atoms with Crippen molar-refractivity contribution in [2.24, 2.45) is 5.92 Å². The van der Waals surface area contributed by atoms with Gasteiger partial charge >= 0.3 is 5.97 Å². The maximum Gasteiger partial charge on any atom is 0.339 e. The van der Waals surface area contributed by atoms with Crippen LogP contribution in [0.2, 0.25) is 10.0 Å². The van der Waals surface area contributed by atoms with Crippen molar-refractivity contribution in [2.75, 3.05) is 13.2 Å². The lowest BCUT2D eigenvalue weighted by atomic mass is 10.1. The summed E-state index contributed by atoms with van der Waals surface area (Å²) < 4.78 is 18.6. The van der Waals surface area contributed by atoms with Gasteiger partial charge in [0.25, 0.3) is 0 Å². The van der Waals surface area contributed by atoms with Crippen LogP contribution in [0, 0.1) is 11.7 Å². The van der Waals surface area contributed by atoms with Gasteiger partial charge in [-0.05, 0) is 25.0 Å². The number of hydrogen-bond acceptors (Lipinski definition) is 3. The van der Waals surface area contributed by atoms with Gasteiger partial charge in [-0.3, -0.25) is 4.79 Å². The normalized spacial score (nSPS) is 21.3. The highest BCUT2D eigenvalue weighted by Gasteiger charge is 2.39. The highest BCUT2D eigenvalue weighted by atomic mass is 35.5. The molecular formula is C15H14Cl2FNO3. The molecule has 0 spiro atoms. The first-order valence-electron chi connectivity index (χ1n) is 7.07. The Kier molecular flexibility index (Phi) is 4.28. The summed E-state index contributed by atoms with van der Waals surface area (Å²) in [4.78, 5) is 25.7. The molecule has 1 saturated heterocycles. The molecule has 1 unspecified atom stereocenters. The number of likely N-dealkylation sites (tertiary alicyclic amines) is 1. The molecule has 22 heavy (non-hydrogen) atoms. The Morgan fingerprint density at radius 1 is 1.32 bits per heavy atom. The van der Waals surface area contributed by atoms with E-state index in [-0.39, 0.29) is 34.0 Å². The summed E-state index contributed by atoms with van der Waals surface area (Å²) in [5, 5.41) is -0.110. The first kappa shape index (κ1) is 15.6. The van der Waals surface area contributed by atoms with Crippen LogP contribution in [-0.2, 0) is 9.53 Å². The van der Waals surface area contributed by atoms with Crippen molar-refractivity contribution >= 4 is 35.1 Å². The second-order valence-electron chi connectivity index (χ2n) is 5.69. The van der Waals surface area contributed by atoms with Gasteiger partial charge in [0.1, 0.15) is 5.82 Å². The Labute approximate surface area is 137 Å². The Morgan fingerprint density at radius 3 is 2.73 bits per heavy atom. The van der Waals surface area contributed by atoms with Crippen LogP contribution in [-0.4, -0.2) is 36.0 Å². The molecule has 1 amide bonds. The number of hydrogen-bond donors (Lipinski definition) is 0. The Bertz CT molecular complexity index is 633. The molecule has 1 aliphatic heterocycles.